The Morgan fingerprint density at radius 2 is 1.66 bits per heavy atom. The fraction of sp³-hybridized carbons (Fsp3) is 0.571. The van der Waals surface area contributed by atoms with E-state index in [2.05, 4.69) is 15.6 Å². The van der Waals surface area contributed by atoms with E-state index in [1.54, 1.807) is 4.90 Å². The first-order valence-corrected chi connectivity index (χ1v) is 10.3. The molecule has 1 aliphatic heterocycles. The zero-order valence-corrected chi connectivity index (χ0v) is 20.1. The van der Waals surface area contributed by atoms with Crippen LogP contribution >= 0.6 is 24.0 Å². The van der Waals surface area contributed by atoms with Gasteiger partial charge >= 0.3 is 0 Å². The van der Waals surface area contributed by atoms with Crippen molar-refractivity contribution in [1.82, 2.24) is 20.4 Å². The van der Waals surface area contributed by atoms with Crippen LogP contribution in [0, 0.1) is 0 Å². The number of nitrogens with zero attached hydrogens (tertiary/aromatic N) is 3. The number of nitrogens with one attached hydrogen (secondary N) is 2. The van der Waals surface area contributed by atoms with Crippen LogP contribution in [0.1, 0.15) is 49.5 Å². The van der Waals surface area contributed by atoms with Crippen LogP contribution in [0.4, 0.5) is 0 Å². The number of carbonyl (C=O) groups is 2. The van der Waals surface area contributed by atoms with Crippen molar-refractivity contribution < 1.29 is 9.59 Å². The van der Waals surface area contributed by atoms with Gasteiger partial charge in [-0.3, -0.25) is 9.59 Å². The van der Waals surface area contributed by atoms with Crippen LogP contribution in [0.5, 0.6) is 0 Å². The number of guanidine groups is 1. The van der Waals surface area contributed by atoms with Gasteiger partial charge in [-0.1, -0.05) is 12.1 Å². The molecule has 8 heteroatoms. The van der Waals surface area contributed by atoms with Gasteiger partial charge in [0.1, 0.15) is 0 Å². The molecule has 0 bridgehead atoms. The summed E-state index contributed by atoms with van der Waals surface area (Å²) in [5.41, 5.74) is 1.71. The SMILES string of the molecule is CCNC(=NCc1ccc(C(=O)N(CC)CC)cc1)NCC(=O)N1CCCC1.I. The van der Waals surface area contributed by atoms with Gasteiger partial charge in [0, 0.05) is 38.3 Å². The maximum atomic E-state index is 12.4. The van der Waals surface area contributed by atoms with E-state index in [1.807, 2.05) is 49.9 Å². The standard InChI is InChI=1S/C21H33N5O2.HI/c1-4-22-21(24-16-19(27)26-13-7-8-14-26)23-15-17-9-11-18(12-10-17)20(28)25(5-2)6-3;/h9-12H,4-8,13-16H2,1-3H3,(H2,22,23,24);1H. The van der Waals surface area contributed by atoms with E-state index in [0.29, 0.717) is 31.2 Å². The van der Waals surface area contributed by atoms with Crippen LogP contribution < -0.4 is 10.6 Å². The molecule has 2 N–H and O–H groups in total. The van der Waals surface area contributed by atoms with Crippen molar-refractivity contribution in [1.29, 1.82) is 0 Å². The third-order valence-corrected chi connectivity index (χ3v) is 4.88. The Labute approximate surface area is 191 Å². The van der Waals surface area contributed by atoms with Crippen molar-refractivity contribution in [3.63, 3.8) is 0 Å². The van der Waals surface area contributed by atoms with Gasteiger partial charge in [-0.05, 0) is 51.3 Å². The molecule has 1 heterocycles. The van der Waals surface area contributed by atoms with E-state index >= 15 is 0 Å². The lowest BCUT2D eigenvalue weighted by molar-refractivity contribution is -0.128. The molecule has 1 aromatic carbocycles. The third kappa shape index (κ3) is 7.83. The summed E-state index contributed by atoms with van der Waals surface area (Å²) in [5, 5.41) is 6.28. The van der Waals surface area contributed by atoms with Crippen LogP contribution in [-0.4, -0.2) is 66.8 Å². The fourth-order valence-electron chi connectivity index (χ4n) is 3.20. The molecule has 0 unspecified atom stereocenters. The molecule has 0 aromatic heterocycles. The smallest absolute Gasteiger partial charge is 0.253 e. The summed E-state index contributed by atoms with van der Waals surface area (Å²) in [6, 6.07) is 7.56. The predicted molar refractivity (Wildman–Crippen MR) is 128 cm³/mol. The second kappa shape index (κ2) is 13.4. The molecule has 1 aromatic rings. The average Bonchev–Trinajstić information content (AvgIpc) is 3.26. The number of likely N-dealkylation sites (tertiary alicyclic amines) is 1. The zero-order chi connectivity index (χ0) is 20.4. The monoisotopic (exact) mass is 515 g/mol. The predicted octanol–water partition coefficient (Wildman–Crippen LogP) is 2.46. The quantitative estimate of drug-likeness (QED) is 0.317. The highest BCUT2D eigenvalue weighted by Crippen LogP contribution is 2.09. The fourth-order valence-corrected chi connectivity index (χ4v) is 3.20. The van der Waals surface area contributed by atoms with E-state index in [0.717, 1.165) is 38.0 Å². The van der Waals surface area contributed by atoms with Crippen molar-refractivity contribution in [3.8, 4) is 0 Å². The van der Waals surface area contributed by atoms with Gasteiger partial charge in [0.25, 0.3) is 5.91 Å². The largest absolute Gasteiger partial charge is 0.357 e. The number of hydrogen-bond acceptors (Lipinski definition) is 3. The van der Waals surface area contributed by atoms with Gasteiger partial charge in [0.2, 0.25) is 5.91 Å². The summed E-state index contributed by atoms with van der Waals surface area (Å²) >= 11 is 0. The Morgan fingerprint density at radius 1 is 1.03 bits per heavy atom. The Kier molecular flexibility index (Phi) is 11.6. The van der Waals surface area contributed by atoms with Crippen molar-refractivity contribution in [2.75, 3.05) is 39.3 Å². The molecule has 162 valence electrons. The zero-order valence-electron chi connectivity index (χ0n) is 17.7. The van der Waals surface area contributed by atoms with Crippen LogP contribution in [0.3, 0.4) is 0 Å². The molecular formula is C21H34IN5O2. The van der Waals surface area contributed by atoms with Crippen LogP contribution in [0.2, 0.25) is 0 Å². The second-order valence-corrected chi connectivity index (χ2v) is 6.81. The number of hydrogen-bond donors (Lipinski definition) is 2. The summed E-state index contributed by atoms with van der Waals surface area (Å²) in [7, 11) is 0. The van der Waals surface area contributed by atoms with Crippen LogP contribution in [-0.2, 0) is 11.3 Å². The first-order chi connectivity index (χ1) is 13.6. The molecule has 7 nitrogen and oxygen atoms in total. The Balaban J connectivity index is 0.00000420. The summed E-state index contributed by atoms with van der Waals surface area (Å²) in [6.07, 6.45) is 2.18. The van der Waals surface area contributed by atoms with Crippen LogP contribution in [0.15, 0.2) is 29.3 Å². The normalized spacial score (nSPS) is 13.6. The summed E-state index contributed by atoms with van der Waals surface area (Å²) in [6.45, 7) is 10.5. The lowest BCUT2D eigenvalue weighted by atomic mass is 10.1. The van der Waals surface area contributed by atoms with E-state index in [9.17, 15) is 9.59 Å². The third-order valence-electron chi connectivity index (χ3n) is 4.88. The average molecular weight is 515 g/mol. The molecule has 0 radical (unpaired) electrons. The molecule has 0 aliphatic carbocycles. The second-order valence-electron chi connectivity index (χ2n) is 6.81. The number of aliphatic imine (C=N–C) groups is 1. The van der Waals surface area contributed by atoms with E-state index in [4.69, 9.17) is 0 Å². The highest BCUT2D eigenvalue weighted by atomic mass is 127. The number of rotatable bonds is 8. The number of halogens is 1. The molecule has 0 saturated carbocycles. The Bertz CT molecular complexity index is 668. The number of carbonyl (C=O) groups excluding carboxylic acids is 2. The van der Waals surface area contributed by atoms with Crippen molar-refractivity contribution in [2.24, 2.45) is 4.99 Å². The minimum Gasteiger partial charge on any atom is -0.357 e. The topological polar surface area (TPSA) is 77.0 Å². The van der Waals surface area contributed by atoms with Crippen molar-refractivity contribution in [2.45, 2.75) is 40.2 Å². The van der Waals surface area contributed by atoms with Crippen molar-refractivity contribution in [3.05, 3.63) is 35.4 Å². The lowest BCUT2D eigenvalue weighted by Crippen LogP contribution is -2.44. The first kappa shape index (κ1) is 25.2. The molecule has 0 spiro atoms. The molecule has 2 amide bonds. The summed E-state index contributed by atoms with van der Waals surface area (Å²) < 4.78 is 0. The molecule has 0 atom stereocenters. The van der Waals surface area contributed by atoms with Gasteiger partial charge in [0.15, 0.2) is 5.96 Å². The van der Waals surface area contributed by atoms with E-state index in [-0.39, 0.29) is 42.3 Å². The van der Waals surface area contributed by atoms with Gasteiger partial charge in [-0.25, -0.2) is 4.99 Å². The molecule has 1 aliphatic rings. The highest BCUT2D eigenvalue weighted by Gasteiger charge is 2.17. The Hall–Kier alpha value is -1.84. The lowest BCUT2D eigenvalue weighted by Gasteiger charge is -2.18. The molecular weight excluding hydrogens is 481 g/mol. The first-order valence-electron chi connectivity index (χ1n) is 10.3. The molecule has 1 fully saturated rings. The summed E-state index contributed by atoms with van der Waals surface area (Å²) in [4.78, 5) is 32.8. The minimum atomic E-state index is 0. The maximum Gasteiger partial charge on any atom is 0.253 e. The molecule has 29 heavy (non-hydrogen) atoms. The Morgan fingerprint density at radius 3 is 2.21 bits per heavy atom. The van der Waals surface area contributed by atoms with Gasteiger partial charge in [-0.15, -0.1) is 24.0 Å². The number of amides is 2. The minimum absolute atomic E-state index is 0. The van der Waals surface area contributed by atoms with E-state index in [1.165, 1.54) is 0 Å². The van der Waals surface area contributed by atoms with Crippen molar-refractivity contribution >= 4 is 41.8 Å². The summed E-state index contributed by atoms with van der Waals surface area (Å²) in [5.74, 6) is 0.788. The molecule has 1 saturated heterocycles. The molecule has 2 rings (SSSR count). The number of benzene rings is 1. The van der Waals surface area contributed by atoms with Gasteiger partial charge in [0.05, 0.1) is 13.1 Å². The highest BCUT2D eigenvalue weighted by molar-refractivity contribution is 14.0. The van der Waals surface area contributed by atoms with E-state index < -0.39 is 0 Å². The van der Waals surface area contributed by atoms with Gasteiger partial charge < -0.3 is 20.4 Å². The van der Waals surface area contributed by atoms with Gasteiger partial charge in [-0.2, -0.15) is 0 Å². The van der Waals surface area contributed by atoms with Crippen LogP contribution in [0.25, 0.3) is 0 Å². The maximum absolute atomic E-state index is 12.4.